The summed E-state index contributed by atoms with van der Waals surface area (Å²) in [6, 6.07) is -4.48. The topological polar surface area (TPSA) is 211 Å². The van der Waals surface area contributed by atoms with Crippen molar-refractivity contribution in [1.29, 1.82) is 0 Å². The molecule has 0 aromatic carbocycles. The fraction of sp³-hybridized carbons (Fsp3) is 0.700. The predicted molar refractivity (Wildman–Crippen MR) is 113 cm³/mol. The molecule has 7 N–H and O–H groups in total. The molecule has 1 rings (SSSR count). The Labute approximate surface area is 190 Å². The number of hydrogen-bond donors (Lipinski definition) is 7. The summed E-state index contributed by atoms with van der Waals surface area (Å²) >= 11 is 0. The molecule has 0 aliphatic carbocycles. The lowest BCUT2D eigenvalue weighted by Crippen LogP contribution is -2.57. The molecule has 1 aliphatic heterocycles. The van der Waals surface area contributed by atoms with Gasteiger partial charge in [-0.1, -0.05) is 13.8 Å². The molecule has 0 bridgehead atoms. The van der Waals surface area contributed by atoms with E-state index in [1.54, 1.807) is 13.8 Å². The van der Waals surface area contributed by atoms with Gasteiger partial charge < -0.3 is 36.6 Å². The molecule has 13 heteroatoms. The lowest BCUT2D eigenvalue weighted by atomic mass is 10.0. The molecule has 4 unspecified atom stereocenters. The molecule has 0 aromatic rings. The van der Waals surface area contributed by atoms with Crippen molar-refractivity contribution in [2.45, 2.75) is 76.5 Å². The van der Waals surface area contributed by atoms with Crippen molar-refractivity contribution in [1.82, 2.24) is 21.3 Å². The first-order chi connectivity index (χ1) is 15.4. The van der Waals surface area contributed by atoms with Gasteiger partial charge in [0.15, 0.2) is 0 Å². The first kappa shape index (κ1) is 27.8. The van der Waals surface area contributed by atoms with Crippen molar-refractivity contribution in [2.24, 2.45) is 5.92 Å². The third-order valence-corrected chi connectivity index (χ3v) is 5.17. The van der Waals surface area contributed by atoms with E-state index in [2.05, 4.69) is 21.3 Å². The standard InChI is InChI=1S/C20H32N4O9/c1-10(2)16(20(32)33)24-19(31)13(6-8-15(27)28)23-18(30)12(5-7-14(25)26)22-17(29)11-4-3-9-21-11/h10-13,16,21H,3-9H2,1-2H3,(H,22,29)(H,23,30)(H,24,31)(H,25,26)(H,27,28)(H,32,33). The van der Waals surface area contributed by atoms with Gasteiger partial charge in [0.05, 0.1) is 6.04 Å². The molecule has 13 nitrogen and oxygen atoms in total. The second kappa shape index (κ2) is 13.4. The summed E-state index contributed by atoms with van der Waals surface area (Å²) in [7, 11) is 0. The Morgan fingerprint density at radius 3 is 1.79 bits per heavy atom. The average molecular weight is 472 g/mol. The second-order valence-corrected chi connectivity index (χ2v) is 8.20. The molecule has 0 spiro atoms. The second-order valence-electron chi connectivity index (χ2n) is 8.20. The molecule has 0 radical (unpaired) electrons. The number of nitrogens with one attached hydrogen (secondary N) is 4. The van der Waals surface area contributed by atoms with Gasteiger partial charge in [0.1, 0.15) is 18.1 Å². The summed E-state index contributed by atoms with van der Waals surface area (Å²) in [5.74, 6) is -6.46. The maximum atomic E-state index is 12.8. The van der Waals surface area contributed by atoms with Gasteiger partial charge >= 0.3 is 17.9 Å². The average Bonchev–Trinajstić information content (AvgIpc) is 3.26. The lowest BCUT2D eigenvalue weighted by molar-refractivity contribution is -0.144. The minimum Gasteiger partial charge on any atom is -0.481 e. The molecular weight excluding hydrogens is 440 g/mol. The van der Waals surface area contributed by atoms with E-state index in [0.717, 1.165) is 6.42 Å². The summed E-state index contributed by atoms with van der Waals surface area (Å²) in [4.78, 5) is 71.3. The van der Waals surface area contributed by atoms with E-state index in [-0.39, 0.29) is 12.8 Å². The molecule has 0 aromatic heterocycles. The van der Waals surface area contributed by atoms with Crippen LogP contribution in [0.3, 0.4) is 0 Å². The molecule has 0 saturated carbocycles. The zero-order valence-corrected chi connectivity index (χ0v) is 18.6. The highest BCUT2D eigenvalue weighted by Gasteiger charge is 2.32. The number of amides is 3. The van der Waals surface area contributed by atoms with Crippen LogP contribution in [0.5, 0.6) is 0 Å². The molecule has 1 saturated heterocycles. The fourth-order valence-corrected chi connectivity index (χ4v) is 3.29. The number of carboxylic acids is 3. The largest absolute Gasteiger partial charge is 0.481 e. The first-order valence-electron chi connectivity index (χ1n) is 10.7. The van der Waals surface area contributed by atoms with Crippen LogP contribution in [-0.4, -0.2) is 81.7 Å². The van der Waals surface area contributed by atoms with Gasteiger partial charge in [-0.2, -0.15) is 0 Å². The number of aliphatic carboxylic acids is 3. The van der Waals surface area contributed by atoms with Crippen LogP contribution in [0, 0.1) is 5.92 Å². The van der Waals surface area contributed by atoms with E-state index in [0.29, 0.717) is 13.0 Å². The van der Waals surface area contributed by atoms with Crippen LogP contribution in [0.2, 0.25) is 0 Å². The van der Waals surface area contributed by atoms with Gasteiger partial charge in [-0.15, -0.1) is 0 Å². The zero-order chi connectivity index (χ0) is 25.1. The molecule has 4 atom stereocenters. The predicted octanol–water partition coefficient (Wildman–Crippen LogP) is -1.34. The maximum Gasteiger partial charge on any atom is 0.326 e. The van der Waals surface area contributed by atoms with Gasteiger partial charge in [-0.05, 0) is 38.1 Å². The van der Waals surface area contributed by atoms with Crippen LogP contribution in [-0.2, 0) is 28.8 Å². The number of carbonyl (C=O) groups excluding carboxylic acids is 3. The first-order valence-corrected chi connectivity index (χ1v) is 10.7. The Morgan fingerprint density at radius 1 is 0.848 bits per heavy atom. The summed E-state index contributed by atoms with van der Waals surface area (Å²) in [5, 5.41) is 37.3. The highest BCUT2D eigenvalue weighted by Crippen LogP contribution is 2.09. The van der Waals surface area contributed by atoms with E-state index < -0.39 is 78.6 Å². The quantitative estimate of drug-likeness (QED) is 0.158. The van der Waals surface area contributed by atoms with Crippen molar-refractivity contribution in [3.05, 3.63) is 0 Å². The molecular formula is C20H32N4O9. The Morgan fingerprint density at radius 2 is 1.36 bits per heavy atom. The molecule has 1 fully saturated rings. The summed E-state index contributed by atoms with van der Waals surface area (Å²) in [6.07, 6.45) is -0.193. The molecule has 1 heterocycles. The molecule has 33 heavy (non-hydrogen) atoms. The van der Waals surface area contributed by atoms with Crippen LogP contribution in [0.4, 0.5) is 0 Å². The van der Waals surface area contributed by atoms with Crippen LogP contribution in [0.1, 0.15) is 52.4 Å². The maximum absolute atomic E-state index is 12.8. The van der Waals surface area contributed by atoms with E-state index in [9.17, 15) is 33.9 Å². The number of carboxylic acid groups (broad SMARTS) is 3. The normalized spacial score (nSPS) is 18.1. The summed E-state index contributed by atoms with van der Waals surface area (Å²) < 4.78 is 0. The lowest BCUT2D eigenvalue weighted by Gasteiger charge is -2.25. The van der Waals surface area contributed by atoms with Crippen molar-refractivity contribution in [3.8, 4) is 0 Å². The molecule has 1 aliphatic rings. The highest BCUT2D eigenvalue weighted by molar-refractivity contribution is 5.94. The van der Waals surface area contributed by atoms with Crippen molar-refractivity contribution in [3.63, 3.8) is 0 Å². The van der Waals surface area contributed by atoms with Gasteiger partial charge in [-0.25, -0.2) is 4.79 Å². The summed E-state index contributed by atoms with van der Waals surface area (Å²) in [5.41, 5.74) is 0. The van der Waals surface area contributed by atoms with E-state index in [1.807, 2.05) is 0 Å². The minimum atomic E-state index is -1.40. The Kier molecular flexibility index (Phi) is 11.3. The smallest absolute Gasteiger partial charge is 0.326 e. The molecule has 3 amide bonds. The third-order valence-electron chi connectivity index (χ3n) is 5.17. The molecule has 186 valence electrons. The van der Waals surface area contributed by atoms with Gasteiger partial charge in [0.25, 0.3) is 0 Å². The van der Waals surface area contributed by atoms with E-state index in [1.165, 1.54) is 0 Å². The van der Waals surface area contributed by atoms with Crippen molar-refractivity contribution >= 4 is 35.6 Å². The highest BCUT2D eigenvalue weighted by atomic mass is 16.4. The summed E-state index contributed by atoms with van der Waals surface area (Å²) in [6.45, 7) is 3.76. The minimum absolute atomic E-state index is 0.253. The van der Waals surface area contributed by atoms with Gasteiger partial charge in [-0.3, -0.25) is 24.0 Å². The Bertz CT molecular complexity index is 750. The monoisotopic (exact) mass is 472 g/mol. The van der Waals surface area contributed by atoms with Crippen LogP contribution in [0.25, 0.3) is 0 Å². The SMILES string of the molecule is CC(C)C(NC(=O)C(CCC(=O)O)NC(=O)C(CCC(=O)O)NC(=O)C1CCCN1)C(=O)O. The Balaban J connectivity index is 2.97. The van der Waals surface area contributed by atoms with Crippen molar-refractivity contribution < 1.29 is 44.1 Å². The van der Waals surface area contributed by atoms with Crippen molar-refractivity contribution in [2.75, 3.05) is 6.54 Å². The Hall–Kier alpha value is -3.22. The van der Waals surface area contributed by atoms with Gasteiger partial charge in [0.2, 0.25) is 17.7 Å². The number of hydrogen-bond acceptors (Lipinski definition) is 7. The van der Waals surface area contributed by atoms with Crippen LogP contribution >= 0.6 is 0 Å². The zero-order valence-electron chi connectivity index (χ0n) is 18.6. The van der Waals surface area contributed by atoms with E-state index >= 15 is 0 Å². The third kappa shape index (κ3) is 9.85. The van der Waals surface area contributed by atoms with Crippen LogP contribution in [0.15, 0.2) is 0 Å². The van der Waals surface area contributed by atoms with Gasteiger partial charge in [0, 0.05) is 12.8 Å². The fourth-order valence-electron chi connectivity index (χ4n) is 3.29. The van der Waals surface area contributed by atoms with E-state index in [4.69, 9.17) is 10.2 Å². The van der Waals surface area contributed by atoms with Crippen LogP contribution < -0.4 is 21.3 Å². The number of rotatable bonds is 14. The number of carbonyl (C=O) groups is 6.